The summed E-state index contributed by atoms with van der Waals surface area (Å²) in [6.45, 7) is 2.25. The molecular formula is C59H60N4O11. The van der Waals surface area contributed by atoms with Crippen molar-refractivity contribution in [1.29, 1.82) is 0 Å². The number of carbonyl (C=O) groups is 6. The van der Waals surface area contributed by atoms with E-state index in [1.807, 2.05) is 109 Å². The largest absolute Gasteiger partial charge is 0.491 e. The fourth-order valence-corrected chi connectivity index (χ4v) is 11.4. The van der Waals surface area contributed by atoms with E-state index in [1.165, 1.54) is 0 Å². The number of likely N-dealkylation sites (tertiary alicyclic amines) is 1. The molecule has 5 aromatic carbocycles. The summed E-state index contributed by atoms with van der Waals surface area (Å²) in [5, 5.41) is 13.0. The lowest BCUT2D eigenvalue weighted by molar-refractivity contribution is -0.179. The van der Waals surface area contributed by atoms with E-state index in [4.69, 9.17) is 18.9 Å². The lowest BCUT2D eigenvalue weighted by atomic mass is 9.64. The van der Waals surface area contributed by atoms with Gasteiger partial charge < -0.3 is 34.3 Å². The normalized spacial score (nSPS) is 22.8. The molecule has 4 aliphatic heterocycles. The first-order chi connectivity index (χ1) is 36.0. The number of hydrogen-bond acceptors (Lipinski definition) is 12. The maximum atomic E-state index is 16.9. The summed E-state index contributed by atoms with van der Waals surface area (Å²) < 4.78 is 22.5. The molecule has 4 heterocycles. The summed E-state index contributed by atoms with van der Waals surface area (Å²) in [4.78, 5) is 94.5. The molecule has 3 saturated heterocycles. The standard InChI is InChI=1S/C59H60N4O11/c1-38(40-21-10-7-11-22-40)60-58(70)62-47-31-30-39(20-18-29-45(54(66)71-2)55(67)72-3)36-46(47)59(57(62)69)48(53(65)61-32-16-5-4-6-17-33-61)50-56(68)74-51(42-25-14-9-15-26-42)49(41-23-12-8-13-24-41)63(50)52(59)43-27-19-28-44(37-43)73-35-34-64/h7-15,19,21-28,30-31,36-38,45,48-52,64H,4-6,16-17,29,32-35H2,1-3H3,(H,60,70)/t38-,48-,49-,50-,51+,52+,59-/m1/s1. The number of aliphatic hydroxyl groups excluding tert-OH is 1. The van der Waals surface area contributed by atoms with Gasteiger partial charge in [0, 0.05) is 25.1 Å². The van der Waals surface area contributed by atoms with Gasteiger partial charge in [-0.3, -0.25) is 28.9 Å². The lowest BCUT2D eigenvalue weighted by Gasteiger charge is -2.46. The summed E-state index contributed by atoms with van der Waals surface area (Å²) in [7, 11) is 2.33. The summed E-state index contributed by atoms with van der Waals surface area (Å²) in [5.74, 6) is 0.000346. The molecule has 2 N–H and O–H groups in total. The summed E-state index contributed by atoms with van der Waals surface area (Å²) in [5.41, 5.74) is 1.39. The molecule has 1 spiro atoms. The summed E-state index contributed by atoms with van der Waals surface area (Å²) >= 11 is 0. The second-order valence-corrected chi connectivity index (χ2v) is 19.1. The molecule has 4 amide bonds. The zero-order valence-corrected chi connectivity index (χ0v) is 41.7. The molecule has 15 heteroatoms. The number of urea groups is 1. The van der Waals surface area contributed by atoms with Gasteiger partial charge in [-0.2, -0.15) is 0 Å². The number of hydrogen-bond donors (Lipinski definition) is 2. The molecular weight excluding hydrogens is 941 g/mol. The van der Waals surface area contributed by atoms with Crippen molar-refractivity contribution < 1.29 is 52.8 Å². The van der Waals surface area contributed by atoms with E-state index in [0.717, 1.165) is 49.5 Å². The van der Waals surface area contributed by atoms with Crippen LogP contribution in [0.15, 0.2) is 133 Å². The molecule has 7 atom stereocenters. The first-order valence-corrected chi connectivity index (χ1v) is 25.2. The van der Waals surface area contributed by atoms with Crippen molar-refractivity contribution in [2.45, 2.75) is 81.1 Å². The Morgan fingerprint density at radius 2 is 1.38 bits per heavy atom. The Kier molecular flexibility index (Phi) is 15.6. The highest BCUT2D eigenvalue weighted by Gasteiger charge is 2.76. The van der Waals surface area contributed by atoms with E-state index in [2.05, 4.69) is 17.2 Å². The fraction of sp³-hybridized carbons (Fsp3) is 0.356. The molecule has 74 heavy (non-hydrogen) atoms. The second kappa shape index (κ2) is 22.5. The number of ether oxygens (including phenoxy) is 4. The predicted molar refractivity (Wildman–Crippen MR) is 273 cm³/mol. The third kappa shape index (κ3) is 9.63. The van der Waals surface area contributed by atoms with Gasteiger partial charge in [0.05, 0.1) is 50.6 Å². The number of methoxy groups -OCH3 is 2. The van der Waals surface area contributed by atoms with Crippen LogP contribution in [0.4, 0.5) is 10.5 Å². The average molecular weight is 1000 g/mol. The molecule has 0 aromatic heterocycles. The number of cyclic esters (lactones) is 1. The van der Waals surface area contributed by atoms with Crippen LogP contribution in [0.2, 0.25) is 0 Å². The minimum Gasteiger partial charge on any atom is -0.491 e. The van der Waals surface area contributed by atoms with Gasteiger partial charge in [-0.15, -0.1) is 0 Å². The van der Waals surface area contributed by atoms with Crippen LogP contribution in [0.5, 0.6) is 5.75 Å². The molecule has 4 aliphatic rings. The Balaban J connectivity index is 1.35. The molecule has 15 nitrogen and oxygen atoms in total. The van der Waals surface area contributed by atoms with Crippen molar-refractivity contribution in [1.82, 2.24) is 15.1 Å². The SMILES string of the molecule is COC(=O)C(CC#Cc1ccc2c(c1)[C@]1(C(=O)N2C(=O)N[C@H](C)c2ccccc2)[C@H](c2cccc(OCCO)c2)N2[C@H](c3ccccc3)[C@H](c3ccccc3)OC(=O)[C@H]2[C@@H]1C(=O)N1CCCCCCC1)C(=O)OC. The predicted octanol–water partition coefficient (Wildman–Crippen LogP) is 7.69. The Labute approximate surface area is 430 Å². The Morgan fingerprint density at radius 1 is 0.757 bits per heavy atom. The minimum atomic E-state index is -2.07. The number of nitrogens with one attached hydrogen (secondary N) is 1. The van der Waals surface area contributed by atoms with Crippen LogP contribution in [-0.4, -0.2) is 97.2 Å². The van der Waals surface area contributed by atoms with E-state index in [9.17, 15) is 14.7 Å². The van der Waals surface area contributed by atoms with Gasteiger partial charge in [0.2, 0.25) is 11.8 Å². The van der Waals surface area contributed by atoms with Crippen molar-refractivity contribution in [3.63, 3.8) is 0 Å². The highest BCUT2D eigenvalue weighted by atomic mass is 16.6. The number of esters is 3. The van der Waals surface area contributed by atoms with E-state index < -0.39 is 83.3 Å². The first kappa shape index (κ1) is 51.1. The fourth-order valence-electron chi connectivity index (χ4n) is 11.4. The van der Waals surface area contributed by atoms with Crippen LogP contribution in [0.3, 0.4) is 0 Å². The highest BCUT2D eigenvalue weighted by molar-refractivity contribution is 6.24. The van der Waals surface area contributed by atoms with Gasteiger partial charge in [-0.05, 0) is 77.9 Å². The van der Waals surface area contributed by atoms with Crippen molar-refractivity contribution in [3.8, 4) is 17.6 Å². The van der Waals surface area contributed by atoms with E-state index >= 15 is 19.2 Å². The zero-order chi connectivity index (χ0) is 51.9. The molecule has 0 bridgehead atoms. The lowest BCUT2D eigenvalue weighted by Crippen LogP contribution is -2.57. The van der Waals surface area contributed by atoms with Crippen molar-refractivity contribution in [2.75, 3.05) is 45.4 Å². The van der Waals surface area contributed by atoms with E-state index in [1.54, 1.807) is 41.3 Å². The molecule has 3 fully saturated rings. The average Bonchev–Trinajstić information content (AvgIpc) is 3.90. The van der Waals surface area contributed by atoms with Gasteiger partial charge in [0.25, 0.3) is 0 Å². The van der Waals surface area contributed by atoms with Crippen LogP contribution >= 0.6 is 0 Å². The number of aliphatic hydroxyl groups is 1. The number of amides is 4. The third-order valence-corrected chi connectivity index (χ3v) is 14.8. The van der Waals surface area contributed by atoms with Crippen LogP contribution in [0.25, 0.3) is 0 Å². The number of rotatable bonds is 12. The topological polar surface area (TPSA) is 181 Å². The number of imide groups is 1. The Hall–Kier alpha value is -7.80. The molecule has 0 aliphatic carbocycles. The van der Waals surface area contributed by atoms with Crippen molar-refractivity contribution in [2.24, 2.45) is 11.8 Å². The van der Waals surface area contributed by atoms with Gasteiger partial charge in [-0.25, -0.2) is 9.69 Å². The number of benzene rings is 5. The number of morpholine rings is 1. The molecule has 382 valence electrons. The summed E-state index contributed by atoms with van der Waals surface area (Å²) in [6.07, 6.45) is 2.98. The molecule has 9 rings (SSSR count). The van der Waals surface area contributed by atoms with Crippen LogP contribution in [0.1, 0.15) is 103 Å². The number of anilines is 1. The highest BCUT2D eigenvalue weighted by Crippen LogP contribution is 2.66. The van der Waals surface area contributed by atoms with Gasteiger partial charge in [0.1, 0.15) is 29.9 Å². The van der Waals surface area contributed by atoms with Crippen LogP contribution in [0, 0.1) is 23.7 Å². The quantitative estimate of drug-likeness (QED) is 0.0539. The maximum absolute atomic E-state index is 16.9. The number of nitrogens with zero attached hydrogens (tertiary/aromatic N) is 3. The van der Waals surface area contributed by atoms with Gasteiger partial charge in [-0.1, -0.05) is 134 Å². The third-order valence-electron chi connectivity index (χ3n) is 14.8. The summed E-state index contributed by atoms with van der Waals surface area (Å²) in [6, 6.07) is 35.5. The Morgan fingerprint density at radius 3 is 2.03 bits per heavy atom. The smallest absolute Gasteiger partial charge is 0.329 e. The van der Waals surface area contributed by atoms with Crippen molar-refractivity contribution in [3.05, 3.63) is 167 Å². The molecule has 0 saturated carbocycles. The first-order valence-electron chi connectivity index (χ1n) is 25.2. The second-order valence-electron chi connectivity index (χ2n) is 19.1. The van der Waals surface area contributed by atoms with E-state index in [-0.39, 0.29) is 30.9 Å². The Bertz CT molecular complexity index is 2920. The molecule has 5 aromatic rings. The van der Waals surface area contributed by atoms with Crippen molar-refractivity contribution >= 4 is 41.4 Å². The maximum Gasteiger partial charge on any atom is 0.329 e. The number of carbonyl (C=O) groups excluding carboxylic acids is 6. The zero-order valence-electron chi connectivity index (χ0n) is 41.7. The van der Waals surface area contributed by atoms with E-state index in [0.29, 0.717) is 48.4 Å². The van der Waals surface area contributed by atoms with Crippen LogP contribution < -0.4 is 15.0 Å². The minimum absolute atomic E-state index is 0.0408. The van der Waals surface area contributed by atoms with Gasteiger partial charge >= 0.3 is 23.9 Å². The van der Waals surface area contributed by atoms with Crippen LogP contribution in [-0.2, 0) is 43.6 Å². The van der Waals surface area contributed by atoms with Gasteiger partial charge in [0.15, 0.2) is 5.92 Å². The molecule has 0 unspecified atom stereocenters. The molecule has 0 radical (unpaired) electrons. The monoisotopic (exact) mass is 1000 g/mol. The number of fused-ring (bicyclic) bond motifs is 3.